The van der Waals surface area contributed by atoms with Crippen molar-refractivity contribution in [1.82, 2.24) is 0 Å². The second-order valence-electron chi connectivity index (χ2n) is 6.04. The van der Waals surface area contributed by atoms with Gasteiger partial charge in [-0.1, -0.05) is 78.4 Å². The number of thioether (sulfide) groups is 1. The number of carbonyl (C=O) groups excluding carboxylic acids is 1. The molecule has 0 unspecified atom stereocenters. The molecule has 3 aromatic rings. The molecule has 4 rings (SSSR count). The number of carbonyl (C=O) groups is 1. The Kier molecular flexibility index (Phi) is 5.16. The van der Waals surface area contributed by atoms with Gasteiger partial charge in [-0.2, -0.15) is 0 Å². The van der Waals surface area contributed by atoms with Crippen LogP contribution in [-0.4, -0.2) is 16.8 Å². The Morgan fingerprint density at radius 2 is 1.82 bits per heavy atom. The first-order chi connectivity index (χ1) is 13.7. The fraction of sp³-hybridized carbons (Fsp3) is 0.0435. The summed E-state index contributed by atoms with van der Waals surface area (Å²) in [7, 11) is 0. The summed E-state index contributed by atoms with van der Waals surface area (Å²) in [6.07, 6.45) is 7.20. The van der Waals surface area contributed by atoms with Crippen LogP contribution in [0.15, 0.2) is 71.6 Å². The number of nitrogens with zero attached hydrogens (tertiary/aromatic N) is 1. The molecule has 1 aliphatic rings. The quantitative estimate of drug-likeness (QED) is 0.339. The molecular weight excluding hydrogens is 386 g/mol. The second kappa shape index (κ2) is 7.89. The molecule has 3 aromatic carbocycles. The molecule has 1 fully saturated rings. The zero-order chi connectivity index (χ0) is 19.5. The average Bonchev–Trinajstić information content (AvgIpc) is 3.01. The van der Waals surface area contributed by atoms with E-state index in [4.69, 9.17) is 23.4 Å². The summed E-state index contributed by atoms with van der Waals surface area (Å²) in [4.78, 5) is 15.2. The fourth-order valence-electron chi connectivity index (χ4n) is 3.07. The summed E-state index contributed by atoms with van der Waals surface area (Å²) in [6, 6.07) is 21.2. The van der Waals surface area contributed by atoms with Gasteiger partial charge in [0.15, 0.2) is 4.32 Å². The van der Waals surface area contributed by atoms with Gasteiger partial charge < -0.3 is 4.74 Å². The van der Waals surface area contributed by atoms with E-state index in [1.165, 1.54) is 11.8 Å². The van der Waals surface area contributed by atoms with Crippen LogP contribution in [-0.2, 0) is 4.79 Å². The summed E-state index contributed by atoms with van der Waals surface area (Å²) in [5.74, 6) is 2.98. The number of amides is 1. The number of ether oxygens (including phenoxy) is 1. The number of hydrogen-bond acceptors (Lipinski definition) is 4. The highest BCUT2D eigenvalue weighted by atomic mass is 32.2. The monoisotopic (exact) mass is 401 g/mol. The van der Waals surface area contributed by atoms with Crippen molar-refractivity contribution in [2.45, 2.75) is 0 Å². The van der Waals surface area contributed by atoms with Crippen LogP contribution in [0.4, 0.5) is 5.69 Å². The maximum atomic E-state index is 13.1. The molecule has 0 radical (unpaired) electrons. The van der Waals surface area contributed by atoms with E-state index < -0.39 is 0 Å². The summed E-state index contributed by atoms with van der Waals surface area (Å²) < 4.78 is 6.24. The van der Waals surface area contributed by atoms with Crippen molar-refractivity contribution < 1.29 is 9.53 Å². The van der Waals surface area contributed by atoms with Gasteiger partial charge in [0.25, 0.3) is 5.91 Å². The Bertz CT molecular complexity index is 1150. The van der Waals surface area contributed by atoms with Crippen LogP contribution < -0.4 is 9.64 Å². The molecular formula is C23H15NO2S2. The molecule has 136 valence electrons. The Morgan fingerprint density at radius 3 is 2.61 bits per heavy atom. The van der Waals surface area contributed by atoms with E-state index in [0.717, 1.165) is 22.0 Å². The molecule has 1 aliphatic heterocycles. The Balaban J connectivity index is 1.80. The van der Waals surface area contributed by atoms with E-state index in [0.29, 0.717) is 15.0 Å². The lowest BCUT2D eigenvalue weighted by atomic mass is 10.0. The van der Waals surface area contributed by atoms with Crippen LogP contribution in [0, 0.1) is 12.3 Å². The van der Waals surface area contributed by atoms with Crippen LogP contribution >= 0.6 is 24.0 Å². The first-order valence-corrected chi connectivity index (χ1v) is 9.82. The molecule has 0 spiro atoms. The van der Waals surface area contributed by atoms with Crippen LogP contribution in [0.1, 0.15) is 5.56 Å². The molecule has 28 heavy (non-hydrogen) atoms. The fourth-order valence-corrected chi connectivity index (χ4v) is 4.35. The van der Waals surface area contributed by atoms with E-state index in [2.05, 4.69) is 5.92 Å². The molecule has 1 amide bonds. The van der Waals surface area contributed by atoms with Crippen molar-refractivity contribution in [3.05, 3.63) is 77.2 Å². The lowest BCUT2D eigenvalue weighted by Crippen LogP contribution is -2.27. The normalized spacial score (nSPS) is 15.2. The van der Waals surface area contributed by atoms with Crippen LogP contribution in [0.5, 0.6) is 5.75 Å². The maximum Gasteiger partial charge on any atom is 0.270 e. The minimum Gasteiger partial charge on any atom is -0.480 e. The van der Waals surface area contributed by atoms with Crippen molar-refractivity contribution in [2.75, 3.05) is 11.5 Å². The minimum atomic E-state index is -0.142. The van der Waals surface area contributed by atoms with Gasteiger partial charge in [-0.3, -0.25) is 9.69 Å². The van der Waals surface area contributed by atoms with E-state index in [1.807, 2.05) is 72.8 Å². The molecule has 0 aromatic heterocycles. The third kappa shape index (κ3) is 3.40. The Labute approximate surface area is 173 Å². The zero-order valence-electron chi connectivity index (χ0n) is 14.8. The van der Waals surface area contributed by atoms with E-state index in [-0.39, 0.29) is 12.5 Å². The summed E-state index contributed by atoms with van der Waals surface area (Å²) >= 11 is 6.75. The number of hydrogen-bond donors (Lipinski definition) is 0. The third-order valence-corrected chi connectivity index (χ3v) is 5.63. The standard InChI is InChI=1S/C23H15NO2S2/c1-2-14-26-20-13-12-16-8-6-7-11-18(16)19(20)15-21-22(25)24(23(27)28-21)17-9-4-3-5-10-17/h1,3-13,15H,14H2/b21-15-. The molecule has 1 saturated heterocycles. The largest absolute Gasteiger partial charge is 0.480 e. The smallest absolute Gasteiger partial charge is 0.270 e. The van der Waals surface area contributed by atoms with Crippen molar-refractivity contribution in [1.29, 1.82) is 0 Å². The van der Waals surface area contributed by atoms with Crippen molar-refractivity contribution >= 4 is 56.7 Å². The molecule has 0 N–H and O–H groups in total. The number of benzene rings is 3. The Hall–Kier alpha value is -3.07. The number of rotatable bonds is 4. The average molecular weight is 402 g/mol. The Morgan fingerprint density at radius 1 is 1.07 bits per heavy atom. The molecule has 0 bridgehead atoms. The number of fused-ring (bicyclic) bond motifs is 1. The minimum absolute atomic E-state index is 0.142. The topological polar surface area (TPSA) is 29.5 Å². The van der Waals surface area contributed by atoms with Gasteiger partial charge in [-0.05, 0) is 35.0 Å². The third-order valence-electron chi connectivity index (χ3n) is 4.33. The number of para-hydroxylation sites is 1. The molecule has 0 aliphatic carbocycles. The van der Waals surface area contributed by atoms with Gasteiger partial charge in [0.05, 0.1) is 10.6 Å². The van der Waals surface area contributed by atoms with Gasteiger partial charge in [-0.25, -0.2) is 0 Å². The highest BCUT2D eigenvalue weighted by Crippen LogP contribution is 2.38. The number of terminal acetylenes is 1. The van der Waals surface area contributed by atoms with Gasteiger partial charge in [-0.15, -0.1) is 6.42 Å². The molecule has 3 nitrogen and oxygen atoms in total. The highest BCUT2D eigenvalue weighted by Gasteiger charge is 2.33. The summed E-state index contributed by atoms with van der Waals surface area (Å²) in [5, 5.41) is 2.04. The van der Waals surface area contributed by atoms with Crippen LogP contribution in [0.3, 0.4) is 0 Å². The van der Waals surface area contributed by atoms with Crippen molar-refractivity contribution in [3.8, 4) is 18.1 Å². The zero-order valence-corrected chi connectivity index (χ0v) is 16.4. The van der Waals surface area contributed by atoms with E-state index in [9.17, 15) is 4.79 Å². The lowest BCUT2D eigenvalue weighted by Gasteiger charge is -2.14. The van der Waals surface area contributed by atoms with Gasteiger partial charge in [0.1, 0.15) is 12.4 Å². The van der Waals surface area contributed by atoms with Crippen LogP contribution in [0.25, 0.3) is 16.8 Å². The summed E-state index contributed by atoms with van der Waals surface area (Å²) in [5.41, 5.74) is 1.58. The summed E-state index contributed by atoms with van der Waals surface area (Å²) in [6.45, 7) is 0.157. The SMILES string of the molecule is C#CCOc1ccc2ccccc2c1/C=C1\SC(=S)N(c2ccccc2)C1=O. The molecule has 1 heterocycles. The second-order valence-corrected chi connectivity index (χ2v) is 7.72. The van der Waals surface area contributed by atoms with Crippen molar-refractivity contribution in [3.63, 3.8) is 0 Å². The lowest BCUT2D eigenvalue weighted by molar-refractivity contribution is -0.113. The molecule has 0 atom stereocenters. The predicted molar refractivity (Wildman–Crippen MR) is 120 cm³/mol. The number of anilines is 1. The van der Waals surface area contributed by atoms with Crippen LogP contribution in [0.2, 0.25) is 0 Å². The van der Waals surface area contributed by atoms with Gasteiger partial charge >= 0.3 is 0 Å². The van der Waals surface area contributed by atoms with E-state index in [1.54, 1.807) is 4.90 Å². The molecule has 0 saturated carbocycles. The van der Waals surface area contributed by atoms with Gasteiger partial charge in [0.2, 0.25) is 0 Å². The maximum absolute atomic E-state index is 13.1. The van der Waals surface area contributed by atoms with Gasteiger partial charge in [0, 0.05) is 5.56 Å². The first-order valence-electron chi connectivity index (χ1n) is 8.60. The van der Waals surface area contributed by atoms with Crippen molar-refractivity contribution in [2.24, 2.45) is 0 Å². The predicted octanol–water partition coefficient (Wildman–Crippen LogP) is 5.26. The highest BCUT2D eigenvalue weighted by molar-refractivity contribution is 8.27. The molecule has 5 heteroatoms. The number of thiocarbonyl (C=S) groups is 1. The van der Waals surface area contributed by atoms with E-state index >= 15 is 0 Å². The first kappa shape index (κ1) is 18.3.